The molecule has 1 N–H and O–H groups in total. The molecule has 3 heteroatoms. The van der Waals surface area contributed by atoms with Gasteiger partial charge in [-0.1, -0.05) is 19.8 Å². The van der Waals surface area contributed by atoms with Gasteiger partial charge in [0.25, 0.3) is 0 Å². The van der Waals surface area contributed by atoms with Crippen LogP contribution in [0.2, 0.25) is 0 Å². The molecule has 0 spiro atoms. The van der Waals surface area contributed by atoms with Crippen molar-refractivity contribution in [2.75, 3.05) is 0 Å². The predicted molar refractivity (Wildman–Crippen MR) is 67.7 cm³/mol. The number of aliphatic hydroxyl groups is 1. The molecule has 2 saturated heterocycles. The van der Waals surface area contributed by atoms with Crippen LogP contribution in [0.15, 0.2) is 0 Å². The average molecular weight is 249 g/mol. The summed E-state index contributed by atoms with van der Waals surface area (Å²) in [5, 5.41) is 20.3. The van der Waals surface area contributed by atoms with Crippen molar-refractivity contribution in [3.8, 4) is 6.07 Å². The average Bonchev–Trinajstić information content (AvgIpc) is 2.99. The van der Waals surface area contributed by atoms with Crippen molar-refractivity contribution in [3.05, 3.63) is 0 Å². The number of aliphatic hydroxyl groups excluding tert-OH is 1. The molecule has 0 radical (unpaired) electrons. The summed E-state index contributed by atoms with van der Waals surface area (Å²) in [6, 6.07) is 2.44. The van der Waals surface area contributed by atoms with E-state index >= 15 is 0 Å². The van der Waals surface area contributed by atoms with E-state index in [0.717, 1.165) is 38.0 Å². The lowest BCUT2D eigenvalue weighted by atomic mass is 9.65. The summed E-state index contributed by atoms with van der Waals surface area (Å²) in [6.45, 7) is 2.28. The van der Waals surface area contributed by atoms with E-state index in [4.69, 9.17) is 4.74 Å². The maximum absolute atomic E-state index is 10.7. The van der Waals surface area contributed by atoms with Crippen molar-refractivity contribution in [1.82, 2.24) is 0 Å². The second kappa shape index (κ2) is 4.51. The monoisotopic (exact) mass is 249 g/mol. The fourth-order valence-corrected chi connectivity index (χ4v) is 4.26. The van der Waals surface area contributed by atoms with Crippen LogP contribution >= 0.6 is 0 Å². The molecule has 4 unspecified atom stereocenters. The fraction of sp³-hybridized carbons (Fsp3) is 0.933. The van der Waals surface area contributed by atoms with Gasteiger partial charge in [-0.3, -0.25) is 0 Å². The number of nitriles is 1. The lowest BCUT2D eigenvalue weighted by molar-refractivity contribution is -0.0397. The van der Waals surface area contributed by atoms with Gasteiger partial charge < -0.3 is 9.84 Å². The Morgan fingerprint density at radius 1 is 1.22 bits per heavy atom. The van der Waals surface area contributed by atoms with Crippen molar-refractivity contribution in [2.24, 2.45) is 17.3 Å². The molecule has 3 aliphatic rings. The molecule has 2 bridgehead atoms. The topological polar surface area (TPSA) is 53.2 Å². The molecule has 2 heterocycles. The molecule has 1 aliphatic carbocycles. The predicted octanol–water partition coefficient (Wildman–Crippen LogP) is 2.63. The molecule has 100 valence electrons. The second-order valence-electron chi connectivity index (χ2n) is 6.65. The summed E-state index contributed by atoms with van der Waals surface area (Å²) >= 11 is 0. The highest BCUT2D eigenvalue weighted by Gasteiger charge is 2.58. The van der Waals surface area contributed by atoms with Crippen molar-refractivity contribution in [2.45, 2.75) is 70.2 Å². The molecule has 18 heavy (non-hydrogen) atoms. The maximum Gasteiger partial charge on any atom is 0.112 e. The molecule has 0 amide bonds. The third-order valence-corrected chi connectivity index (χ3v) is 5.49. The van der Waals surface area contributed by atoms with Gasteiger partial charge in [0.1, 0.15) is 5.41 Å². The van der Waals surface area contributed by atoms with Crippen LogP contribution in [0.25, 0.3) is 0 Å². The van der Waals surface area contributed by atoms with Crippen molar-refractivity contribution >= 4 is 0 Å². The molecular weight excluding hydrogens is 226 g/mol. The van der Waals surface area contributed by atoms with Crippen molar-refractivity contribution in [3.63, 3.8) is 0 Å². The van der Waals surface area contributed by atoms with E-state index in [1.165, 1.54) is 12.8 Å². The molecule has 0 aromatic heterocycles. The SMILES string of the molecule is CC1CCC(C(O)C2(C#N)CC3CCC2O3)CC1. The Bertz CT molecular complexity index is 356. The van der Waals surface area contributed by atoms with E-state index < -0.39 is 11.5 Å². The molecule has 0 aromatic rings. The standard InChI is InChI=1S/C15H23NO2/c1-10-2-4-11(5-3-10)14(17)15(9-16)8-12-6-7-13(15)18-12/h10-14,17H,2-8H2,1H3. The number of ether oxygens (including phenoxy) is 1. The van der Waals surface area contributed by atoms with Gasteiger partial charge in [-0.15, -0.1) is 0 Å². The van der Waals surface area contributed by atoms with Crippen molar-refractivity contribution in [1.29, 1.82) is 5.26 Å². The van der Waals surface area contributed by atoms with E-state index in [-0.39, 0.29) is 12.2 Å². The smallest absolute Gasteiger partial charge is 0.112 e. The zero-order chi connectivity index (χ0) is 12.8. The lowest BCUT2D eigenvalue weighted by Crippen LogP contribution is -2.46. The first-order valence-electron chi connectivity index (χ1n) is 7.40. The van der Waals surface area contributed by atoms with Gasteiger partial charge in [0.15, 0.2) is 0 Å². The largest absolute Gasteiger partial charge is 0.391 e. The Hall–Kier alpha value is -0.590. The molecule has 3 rings (SSSR count). The van der Waals surface area contributed by atoms with Gasteiger partial charge in [0.2, 0.25) is 0 Å². The Labute approximate surface area is 109 Å². The highest BCUT2D eigenvalue weighted by atomic mass is 16.5. The Morgan fingerprint density at radius 2 is 1.94 bits per heavy atom. The van der Waals surface area contributed by atoms with E-state index in [2.05, 4.69) is 13.0 Å². The molecule has 2 aliphatic heterocycles. The number of fused-ring (bicyclic) bond motifs is 2. The molecule has 3 fully saturated rings. The number of rotatable bonds is 2. The first-order valence-corrected chi connectivity index (χ1v) is 7.40. The van der Waals surface area contributed by atoms with Gasteiger partial charge in [0, 0.05) is 0 Å². The quantitative estimate of drug-likeness (QED) is 0.818. The number of hydrogen-bond acceptors (Lipinski definition) is 3. The van der Waals surface area contributed by atoms with Crippen LogP contribution in [-0.2, 0) is 4.74 Å². The highest BCUT2D eigenvalue weighted by molar-refractivity contribution is 5.16. The third kappa shape index (κ3) is 1.78. The zero-order valence-corrected chi connectivity index (χ0v) is 11.1. The van der Waals surface area contributed by atoms with Crippen LogP contribution in [0.4, 0.5) is 0 Å². The Balaban J connectivity index is 1.74. The first kappa shape index (κ1) is 12.4. The summed E-state index contributed by atoms with van der Waals surface area (Å²) in [4.78, 5) is 0. The van der Waals surface area contributed by atoms with Crippen LogP contribution in [0.1, 0.15) is 51.9 Å². The van der Waals surface area contributed by atoms with Gasteiger partial charge in [-0.25, -0.2) is 0 Å². The second-order valence-corrected chi connectivity index (χ2v) is 6.65. The minimum absolute atomic E-state index is 0.0122. The van der Waals surface area contributed by atoms with Gasteiger partial charge in [-0.2, -0.15) is 5.26 Å². The number of hydrogen-bond donors (Lipinski definition) is 1. The summed E-state index contributed by atoms with van der Waals surface area (Å²) in [5.74, 6) is 1.09. The van der Waals surface area contributed by atoms with Gasteiger partial charge in [0.05, 0.1) is 24.4 Å². The zero-order valence-electron chi connectivity index (χ0n) is 11.1. The molecule has 4 atom stereocenters. The maximum atomic E-state index is 10.7. The van der Waals surface area contributed by atoms with E-state index in [9.17, 15) is 10.4 Å². The minimum atomic E-state index is -0.603. The van der Waals surface area contributed by atoms with Crippen LogP contribution < -0.4 is 0 Å². The molecule has 1 saturated carbocycles. The first-order chi connectivity index (χ1) is 8.65. The lowest BCUT2D eigenvalue weighted by Gasteiger charge is -2.39. The normalized spacial score (nSPS) is 48.9. The van der Waals surface area contributed by atoms with Crippen LogP contribution in [0.5, 0.6) is 0 Å². The summed E-state index contributed by atoms with van der Waals surface area (Å²) in [6.07, 6.45) is 7.05. The Kier molecular flexibility index (Phi) is 3.11. The van der Waals surface area contributed by atoms with Gasteiger partial charge in [-0.05, 0) is 43.9 Å². The van der Waals surface area contributed by atoms with E-state index in [1.54, 1.807) is 0 Å². The summed E-state index contributed by atoms with van der Waals surface area (Å²) < 4.78 is 5.83. The van der Waals surface area contributed by atoms with Crippen LogP contribution in [0.3, 0.4) is 0 Å². The van der Waals surface area contributed by atoms with Crippen LogP contribution in [0, 0.1) is 28.6 Å². The van der Waals surface area contributed by atoms with Crippen LogP contribution in [-0.4, -0.2) is 23.4 Å². The summed E-state index contributed by atoms with van der Waals surface area (Å²) in [7, 11) is 0. The van der Waals surface area contributed by atoms with E-state index in [0.29, 0.717) is 5.92 Å². The third-order valence-electron chi connectivity index (χ3n) is 5.49. The minimum Gasteiger partial charge on any atom is -0.391 e. The number of nitrogens with zero attached hydrogens (tertiary/aromatic N) is 1. The molecule has 3 nitrogen and oxygen atoms in total. The van der Waals surface area contributed by atoms with Gasteiger partial charge >= 0.3 is 0 Å². The molecule has 0 aromatic carbocycles. The fourth-order valence-electron chi connectivity index (χ4n) is 4.26. The Morgan fingerprint density at radius 3 is 2.44 bits per heavy atom. The van der Waals surface area contributed by atoms with E-state index in [1.807, 2.05) is 0 Å². The summed E-state index contributed by atoms with van der Waals surface area (Å²) in [5.41, 5.74) is -0.603. The molecular formula is C15H23NO2. The van der Waals surface area contributed by atoms with Crippen molar-refractivity contribution < 1.29 is 9.84 Å². The highest BCUT2D eigenvalue weighted by Crippen LogP contribution is 2.52.